The standard InChI is InChI=1S/C21H25.C15H8F6.C8H11.2ClH.Zr/c1-20(2,3)16-9-7-14-11-15-8-10-17(21(4,5)6)13-19(15)18(14)12-16;16-14(17,18)12-5-1-3-10(8-12)7-11-4-2-6-13(9-11)15(19,20)21;1-6-4-7(2)8(3)5-6;;;/h7,9-10,12-13H,11H2,1-6H3;1-6,8-9H;4-5H,1-3H3;2*1H;/q-1;;-1;;;+2/p-2. The molecule has 0 aliphatic heterocycles. The van der Waals surface area contributed by atoms with Gasteiger partial charge in [0.2, 0.25) is 0 Å². The topological polar surface area (TPSA) is 0 Å². The zero-order chi connectivity index (χ0) is 38.1. The number of fused-ring (bicyclic) bond motifs is 3. The van der Waals surface area contributed by atoms with Gasteiger partial charge in [-0.15, -0.1) is 5.56 Å². The summed E-state index contributed by atoms with van der Waals surface area (Å²) in [4.78, 5) is 0. The van der Waals surface area contributed by atoms with Gasteiger partial charge in [0, 0.05) is 0 Å². The third-order valence-corrected chi connectivity index (χ3v) is 10.4. The first-order chi connectivity index (χ1) is 23.4. The van der Waals surface area contributed by atoms with Crippen LogP contribution in [-0.2, 0) is 53.8 Å². The molecule has 0 spiro atoms. The van der Waals surface area contributed by atoms with Gasteiger partial charge in [-0.05, 0) is 17.4 Å². The van der Waals surface area contributed by atoms with E-state index in [9.17, 15) is 26.3 Å². The van der Waals surface area contributed by atoms with Crippen LogP contribution in [0.15, 0.2) is 91.0 Å². The second-order valence-corrected chi connectivity index (χ2v) is 16.5. The van der Waals surface area contributed by atoms with Crippen LogP contribution in [0.25, 0.3) is 11.1 Å². The van der Waals surface area contributed by atoms with Gasteiger partial charge in [-0.3, -0.25) is 0 Å². The van der Waals surface area contributed by atoms with Crippen molar-refractivity contribution in [2.24, 2.45) is 0 Å². The molecule has 1 aliphatic carbocycles. The molecule has 9 heteroatoms. The molecule has 6 rings (SSSR count). The zero-order valence-electron chi connectivity index (χ0n) is 31.4. The molecule has 5 aromatic carbocycles. The molecule has 0 N–H and O–H groups in total. The molecule has 0 aromatic heterocycles. The molecule has 0 amide bonds. The molecule has 53 heavy (non-hydrogen) atoms. The van der Waals surface area contributed by atoms with Crippen LogP contribution in [-0.4, -0.2) is 3.21 Å². The van der Waals surface area contributed by atoms with Crippen molar-refractivity contribution in [3.05, 3.63) is 158 Å². The number of hydrogen-bond acceptors (Lipinski definition) is 0. The first kappa shape index (κ1) is 46.3. The Morgan fingerprint density at radius 2 is 1.11 bits per heavy atom. The Hall–Kier alpha value is -2.86. The molecule has 1 aliphatic rings. The summed E-state index contributed by atoms with van der Waals surface area (Å²) in [6, 6.07) is 28.6. The fourth-order valence-corrected chi connectivity index (χ4v) is 6.57. The van der Waals surface area contributed by atoms with Crippen LogP contribution in [0, 0.1) is 26.8 Å². The predicted octanol–water partition coefficient (Wildman–Crippen LogP) is 6.83. The largest absolute Gasteiger partial charge is 1.00 e. The maximum absolute atomic E-state index is 12.7. The van der Waals surface area contributed by atoms with Gasteiger partial charge >= 0.3 is 137 Å². The van der Waals surface area contributed by atoms with Crippen molar-refractivity contribution < 1.29 is 75.4 Å². The third-order valence-electron chi connectivity index (χ3n) is 8.99. The number of aryl methyl sites for hydroxylation is 3. The number of rotatable bonds is 2. The van der Waals surface area contributed by atoms with Gasteiger partial charge in [0.25, 0.3) is 0 Å². The first-order valence-corrected chi connectivity index (χ1v) is 18.0. The Labute approximate surface area is 337 Å². The average Bonchev–Trinajstić information content (AvgIpc) is 3.55. The van der Waals surface area contributed by atoms with E-state index < -0.39 is 23.5 Å². The maximum Gasteiger partial charge on any atom is -1.00 e. The van der Waals surface area contributed by atoms with Crippen LogP contribution in [0.4, 0.5) is 26.3 Å². The minimum absolute atomic E-state index is 0. The van der Waals surface area contributed by atoms with Gasteiger partial charge in [0.15, 0.2) is 0 Å². The SMILES string of the molecule is CC(C)(C)c1c[c-]c2c(c1)-c1cc(C(C)(C)C)ccc1C2.Cc1cc(C)c(C)[cH-]1.FC(F)(F)c1cccc([C](=[Zr+2])c2cccc(C(F)(F)F)c2)c1.[Cl-].[Cl-]. The summed E-state index contributed by atoms with van der Waals surface area (Å²) in [5.74, 6) is 0. The normalized spacial score (nSPS) is 12.2. The van der Waals surface area contributed by atoms with Crippen molar-refractivity contribution >= 4 is 3.21 Å². The summed E-state index contributed by atoms with van der Waals surface area (Å²) in [6.07, 6.45) is -7.94. The summed E-state index contributed by atoms with van der Waals surface area (Å²) < 4.78 is 76.7. The van der Waals surface area contributed by atoms with Crippen LogP contribution < -0.4 is 24.8 Å². The number of alkyl halides is 6. The van der Waals surface area contributed by atoms with E-state index in [1.54, 1.807) is 0 Å². The van der Waals surface area contributed by atoms with E-state index in [0.717, 1.165) is 54.9 Å². The fourth-order valence-electron chi connectivity index (χ4n) is 5.81. The quantitative estimate of drug-likeness (QED) is 0.133. The molecule has 0 fully saturated rings. The predicted molar refractivity (Wildman–Crippen MR) is 193 cm³/mol. The Bertz CT molecular complexity index is 1880. The number of halogens is 8. The van der Waals surface area contributed by atoms with Crippen LogP contribution in [0.1, 0.15) is 103 Å². The van der Waals surface area contributed by atoms with Crippen LogP contribution in [0.3, 0.4) is 0 Å². The van der Waals surface area contributed by atoms with Crippen molar-refractivity contribution in [3.8, 4) is 11.1 Å². The second kappa shape index (κ2) is 17.7. The Morgan fingerprint density at radius 3 is 1.51 bits per heavy atom. The van der Waals surface area contributed by atoms with Crippen molar-refractivity contribution in [1.82, 2.24) is 0 Å². The average molecular weight is 849 g/mol. The van der Waals surface area contributed by atoms with E-state index in [2.05, 4.69) is 111 Å². The Kier molecular flexibility index (Phi) is 15.5. The molecule has 0 heterocycles. The number of benzene rings is 4. The summed E-state index contributed by atoms with van der Waals surface area (Å²) in [5.41, 5.74) is 11.8. The Morgan fingerprint density at radius 1 is 0.623 bits per heavy atom. The van der Waals surface area contributed by atoms with Gasteiger partial charge in [0.05, 0.1) is 0 Å². The molecule has 0 unspecified atom stereocenters. The second-order valence-electron chi connectivity index (χ2n) is 15.3. The molecule has 0 bridgehead atoms. The van der Waals surface area contributed by atoms with E-state index in [0.29, 0.717) is 3.21 Å². The summed E-state index contributed by atoms with van der Waals surface area (Å²) in [7, 11) is 0. The van der Waals surface area contributed by atoms with Gasteiger partial charge in [-0.25, -0.2) is 6.07 Å². The van der Waals surface area contributed by atoms with Crippen molar-refractivity contribution in [3.63, 3.8) is 0 Å². The van der Waals surface area contributed by atoms with E-state index in [1.807, 2.05) is 0 Å². The fraction of sp³-hybridized carbons (Fsp3) is 0.318. The molecule has 0 radical (unpaired) electrons. The molecular weight excluding hydrogens is 805 g/mol. The van der Waals surface area contributed by atoms with Crippen molar-refractivity contribution in [1.29, 1.82) is 0 Å². The molecule has 282 valence electrons. The van der Waals surface area contributed by atoms with Crippen LogP contribution in [0.5, 0.6) is 0 Å². The van der Waals surface area contributed by atoms with E-state index in [-0.39, 0.29) is 46.8 Å². The van der Waals surface area contributed by atoms with Crippen molar-refractivity contribution in [2.75, 3.05) is 0 Å². The molecular formula is C44H44Cl2F6Zr-2. The molecule has 5 aromatic rings. The van der Waals surface area contributed by atoms with Gasteiger partial charge < -0.3 is 24.8 Å². The minimum Gasteiger partial charge on any atom is -1.00 e. The van der Waals surface area contributed by atoms with E-state index in [1.165, 1.54) is 74.3 Å². The first-order valence-electron chi connectivity index (χ1n) is 16.8. The van der Waals surface area contributed by atoms with Gasteiger partial charge in [-0.2, -0.15) is 52.1 Å². The molecule has 0 saturated heterocycles. The third kappa shape index (κ3) is 12.1. The monoisotopic (exact) mass is 846 g/mol. The molecule has 0 nitrogen and oxygen atoms in total. The van der Waals surface area contributed by atoms with Gasteiger partial charge in [-0.1, -0.05) is 97.1 Å². The number of hydrogen-bond donors (Lipinski definition) is 0. The summed E-state index contributed by atoms with van der Waals surface area (Å²) in [6.45, 7) is 20.1. The zero-order valence-corrected chi connectivity index (χ0v) is 35.4. The molecule has 0 atom stereocenters. The molecule has 0 saturated carbocycles. The van der Waals surface area contributed by atoms with Gasteiger partial charge in [0.1, 0.15) is 0 Å². The van der Waals surface area contributed by atoms with E-state index in [4.69, 9.17) is 0 Å². The smallest absolute Gasteiger partial charge is 1.00 e. The van der Waals surface area contributed by atoms with Crippen molar-refractivity contribution in [2.45, 2.75) is 91.9 Å². The summed E-state index contributed by atoms with van der Waals surface area (Å²) in [5, 5.41) is 0. The van der Waals surface area contributed by atoms with Crippen LogP contribution >= 0.6 is 0 Å². The van der Waals surface area contributed by atoms with E-state index >= 15 is 0 Å². The Balaban J connectivity index is 0.000000295. The summed E-state index contributed by atoms with van der Waals surface area (Å²) >= 11 is 0.729. The minimum atomic E-state index is -4.49. The maximum atomic E-state index is 12.7. The van der Waals surface area contributed by atoms with Crippen LogP contribution in [0.2, 0.25) is 0 Å².